The SMILES string of the molecule is O=C(COc1ccc(Br)cc1)NNC(=O)NCCc1ccc(Cl)s1. The summed E-state index contributed by atoms with van der Waals surface area (Å²) in [6.07, 6.45) is 0.672. The predicted molar refractivity (Wildman–Crippen MR) is 97.3 cm³/mol. The molecule has 1 heterocycles. The Bertz CT molecular complexity index is 694. The Morgan fingerprint density at radius 1 is 1.12 bits per heavy atom. The second-order valence-electron chi connectivity index (χ2n) is 4.63. The number of urea groups is 1. The molecule has 0 aliphatic rings. The van der Waals surface area contributed by atoms with Crippen molar-refractivity contribution >= 4 is 50.8 Å². The van der Waals surface area contributed by atoms with E-state index in [1.807, 2.05) is 12.1 Å². The number of amides is 3. The zero-order chi connectivity index (χ0) is 17.4. The molecule has 0 atom stereocenters. The molecule has 0 aliphatic carbocycles. The van der Waals surface area contributed by atoms with E-state index in [4.69, 9.17) is 16.3 Å². The van der Waals surface area contributed by atoms with Crippen LogP contribution in [-0.2, 0) is 11.2 Å². The van der Waals surface area contributed by atoms with Gasteiger partial charge in [0.15, 0.2) is 6.61 Å². The second kappa shape index (κ2) is 9.51. The number of hydrazine groups is 1. The molecule has 0 unspecified atom stereocenters. The van der Waals surface area contributed by atoms with Crippen molar-refractivity contribution < 1.29 is 14.3 Å². The van der Waals surface area contributed by atoms with E-state index in [0.717, 1.165) is 9.35 Å². The van der Waals surface area contributed by atoms with Crippen molar-refractivity contribution in [3.8, 4) is 5.75 Å². The van der Waals surface area contributed by atoms with E-state index in [9.17, 15) is 9.59 Å². The average molecular weight is 433 g/mol. The fourth-order valence-corrected chi connectivity index (χ4v) is 3.02. The largest absolute Gasteiger partial charge is 0.484 e. The topological polar surface area (TPSA) is 79.5 Å². The van der Waals surface area contributed by atoms with E-state index >= 15 is 0 Å². The normalized spacial score (nSPS) is 10.1. The molecule has 0 radical (unpaired) electrons. The molecule has 2 rings (SSSR count). The van der Waals surface area contributed by atoms with Crippen LogP contribution >= 0.6 is 38.9 Å². The molecular formula is C15H15BrClN3O3S. The minimum atomic E-state index is -0.491. The zero-order valence-corrected chi connectivity index (χ0v) is 15.6. The van der Waals surface area contributed by atoms with Crippen molar-refractivity contribution in [3.63, 3.8) is 0 Å². The lowest BCUT2D eigenvalue weighted by Crippen LogP contribution is -2.48. The third-order valence-electron chi connectivity index (χ3n) is 2.78. The van der Waals surface area contributed by atoms with Crippen LogP contribution in [0.15, 0.2) is 40.9 Å². The van der Waals surface area contributed by atoms with Gasteiger partial charge in [0.2, 0.25) is 0 Å². The molecule has 0 bridgehead atoms. The molecule has 3 N–H and O–H groups in total. The molecule has 1 aromatic heterocycles. The minimum Gasteiger partial charge on any atom is -0.484 e. The molecule has 0 saturated carbocycles. The van der Waals surface area contributed by atoms with Gasteiger partial charge in [0, 0.05) is 15.9 Å². The lowest BCUT2D eigenvalue weighted by molar-refractivity contribution is -0.123. The summed E-state index contributed by atoms with van der Waals surface area (Å²) >= 11 is 10.6. The van der Waals surface area contributed by atoms with Crippen molar-refractivity contribution in [3.05, 3.63) is 50.1 Å². The van der Waals surface area contributed by atoms with Gasteiger partial charge >= 0.3 is 6.03 Å². The fraction of sp³-hybridized carbons (Fsp3) is 0.200. The number of carbonyl (C=O) groups excluding carboxylic acids is 2. The van der Waals surface area contributed by atoms with Gasteiger partial charge in [-0.05, 0) is 42.8 Å². The molecule has 0 fully saturated rings. The summed E-state index contributed by atoms with van der Waals surface area (Å²) in [6, 6.07) is 10.3. The van der Waals surface area contributed by atoms with Gasteiger partial charge in [-0.2, -0.15) is 0 Å². The predicted octanol–water partition coefficient (Wildman–Crippen LogP) is 3.12. The highest BCUT2D eigenvalue weighted by Gasteiger charge is 2.05. The van der Waals surface area contributed by atoms with Gasteiger partial charge in [-0.25, -0.2) is 10.2 Å². The molecule has 0 saturated heterocycles. The molecule has 3 amide bonds. The Balaban J connectivity index is 1.58. The van der Waals surface area contributed by atoms with Gasteiger partial charge in [0.05, 0.1) is 4.34 Å². The first-order valence-electron chi connectivity index (χ1n) is 6.98. The van der Waals surface area contributed by atoms with Crippen LogP contribution in [0.3, 0.4) is 0 Å². The Morgan fingerprint density at radius 2 is 1.88 bits per heavy atom. The Morgan fingerprint density at radius 3 is 2.54 bits per heavy atom. The van der Waals surface area contributed by atoms with Crippen LogP contribution in [-0.4, -0.2) is 25.1 Å². The number of benzene rings is 1. The molecule has 128 valence electrons. The van der Waals surface area contributed by atoms with E-state index in [0.29, 0.717) is 23.1 Å². The first-order chi connectivity index (χ1) is 11.5. The molecule has 6 nitrogen and oxygen atoms in total. The van der Waals surface area contributed by atoms with E-state index in [-0.39, 0.29) is 6.61 Å². The lowest BCUT2D eigenvalue weighted by atomic mass is 10.3. The van der Waals surface area contributed by atoms with E-state index in [1.54, 1.807) is 24.3 Å². The van der Waals surface area contributed by atoms with Gasteiger partial charge in [-0.15, -0.1) is 11.3 Å². The van der Waals surface area contributed by atoms with Crippen molar-refractivity contribution in [1.29, 1.82) is 0 Å². The van der Waals surface area contributed by atoms with Crippen LogP contribution < -0.4 is 20.9 Å². The summed E-state index contributed by atoms with van der Waals surface area (Å²) in [7, 11) is 0. The van der Waals surface area contributed by atoms with Crippen molar-refractivity contribution in [2.75, 3.05) is 13.2 Å². The summed E-state index contributed by atoms with van der Waals surface area (Å²) < 4.78 is 6.91. The van der Waals surface area contributed by atoms with Crippen LogP contribution in [0.1, 0.15) is 4.88 Å². The quantitative estimate of drug-likeness (QED) is 0.614. The van der Waals surface area contributed by atoms with E-state index in [2.05, 4.69) is 32.1 Å². The number of rotatable bonds is 6. The van der Waals surface area contributed by atoms with Crippen LogP contribution in [0.4, 0.5) is 4.79 Å². The van der Waals surface area contributed by atoms with Crippen molar-refractivity contribution in [2.45, 2.75) is 6.42 Å². The minimum absolute atomic E-state index is 0.199. The number of ether oxygens (including phenoxy) is 1. The maximum atomic E-state index is 11.6. The third-order valence-corrected chi connectivity index (χ3v) is 4.60. The van der Waals surface area contributed by atoms with E-state index < -0.39 is 11.9 Å². The molecule has 0 spiro atoms. The molecule has 9 heteroatoms. The number of carbonyl (C=O) groups is 2. The van der Waals surface area contributed by atoms with Gasteiger partial charge < -0.3 is 10.1 Å². The van der Waals surface area contributed by atoms with Gasteiger partial charge in [-0.3, -0.25) is 10.2 Å². The zero-order valence-electron chi connectivity index (χ0n) is 12.5. The highest BCUT2D eigenvalue weighted by Crippen LogP contribution is 2.21. The number of halogens is 2. The molecule has 0 aliphatic heterocycles. The Hall–Kier alpha value is -1.77. The van der Waals surface area contributed by atoms with Crippen LogP contribution in [0.25, 0.3) is 0 Å². The molecule has 2 aromatic rings. The maximum Gasteiger partial charge on any atom is 0.333 e. The Labute approximate surface area is 156 Å². The standard InChI is InChI=1S/C15H15BrClN3O3S/c16-10-1-3-11(4-2-10)23-9-14(21)19-20-15(22)18-8-7-12-5-6-13(17)24-12/h1-6H,7-9H2,(H,19,21)(H2,18,20,22). The Kier molecular flexibility index (Phi) is 7.36. The summed E-state index contributed by atoms with van der Waals surface area (Å²) in [5, 5.41) is 2.63. The fourth-order valence-electron chi connectivity index (χ4n) is 1.67. The number of thiophene rings is 1. The lowest BCUT2D eigenvalue weighted by Gasteiger charge is -2.09. The summed E-state index contributed by atoms with van der Waals surface area (Å²) in [4.78, 5) is 24.2. The van der Waals surface area contributed by atoms with Gasteiger partial charge in [0.1, 0.15) is 5.75 Å². The van der Waals surface area contributed by atoms with Crippen LogP contribution in [0.2, 0.25) is 4.34 Å². The summed E-state index contributed by atoms with van der Waals surface area (Å²) in [5.74, 6) is 0.102. The first-order valence-corrected chi connectivity index (χ1v) is 8.97. The van der Waals surface area contributed by atoms with Gasteiger partial charge in [-0.1, -0.05) is 27.5 Å². The number of nitrogens with one attached hydrogen (secondary N) is 3. The molecule has 24 heavy (non-hydrogen) atoms. The summed E-state index contributed by atoms with van der Waals surface area (Å²) in [6.45, 7) is 0.240. The van der Waals surface area contributed by atoms with Crippen molar-refractivity contribution in [2.24, 2.45) is 0 Å². The number of hydrogen-bond acceptors (Lipinski definition) is 4. The monoisotopic (exact) mass is 431 g/mol. The van der Waals surface area contributed by atoms with E-state index in [1.165, 1.54) is 11.3 Å². The summed E-state index contributed by atoms with van der Waals surface area (Å²) in [5.41, 5.74) is 4.52. The maximum absolute atomic E-state index is 11.6. The smallest absolute Gasteiger partial charge is 0.333 e. The second-order valence-corrected chi connectivity index (χ2v) is 7.34. The number of hydrogen-bond donors (Lipinski definition) is 3. The van der Waals surface area contributed by atoms with Gasteiger partial charge in [0.25, 0.3) is 5.91 Å². The average Bonchev–Trinajstić information content (AvgIpc) is 2.98. The highest BCUT2D eigenvalue weighted by molar-refractivity contribution is 9.10. The van der Waals surface area contributed by atoms with Crippen molar-refractivity contribution in [1.82, 2.24) is 16.2 Å². The third kappa shape index (κ3) is 6.77. The highest BCUT2D eigenvalue weighted by atomic mass is 79.9. The molecule has 1 aromatic carbocycles. The van der Waals surface area contributed by atoms with Crippen LogP contribution in [0.5, 0.6) is 5.75 Å². The van der Waals surface area contributed by atoms with Crippen LogP contribution in [0, 0.1) is 0 Å². The molecular weight excluding hydrogens is 418 g/mol. The first kappa shape index (κ1) is 18.6.